The van der Waals surface area contributed by atoms with Gasteiger partial charge in [0, 0.05) is 13.2 Å². The van der Waals surface area contributed by atoms with Gasteiger partial charge >= 0.3 is 0 Å². The van der Waals surface area contributed by atoms with E-state index in [9.17, 15) is 0 Å². The minimum absolute atomic E-state index is 0.215. The zero-order valence-electron chi connectivity index (χ0n) is 11.7. The van der Waals surface area contributed by atoms with Crippen molar-refractivity contribution in [2.24, 2.45) is 0 Å². The maximum atomic E-state index is 9.01. The predicted octanol–water partition coefficient (Wildman–Crippen LogP) is 2.73. The van der Waals surface area contributed by atoms with E-state index >= 15 is 0 Å². The number of anilines is 1. The lowest BCUT2D eigenvalue weighted by Gasteiger charge is -2.25. The third-order valence-corrected chi connectivity index (χ3v) is 3.55. The Morgan fingerprint density at radius 2 is 2.29 bits per heavy atom. The summed E-state index contributed by atoms with van der Waals surface area (Å²) in [6.07, 6.45) is 4.04. The van der Waals surface area contributed by atoms with Crippen molar-refractivity contribution in [3.63, 3.8) is 0 Å². The summed E-state index contributed by atoms with van der Waals surface area (Å²) in [4.78, 5) is 6.49. The summed E-state index contributed by atoms with van der Waals surface area (Å²) in [7, 11) is 0. The van der Waals surface area contributed by atoms with Crippen LogP contribution in [0.3, 0.4) is 0 Å². The molecular weight excluding hydrogens is 266 g/mol. The zero-order valence-corrected chi connectivity index (χ0v) is 11.7. The molecule has 1 atom stereocenters. The maximum absolute atomic E-state index is 9.01. The number of aromatic nitrogens is 1. The molecule has 0 N–H and O–H groups in total. The lowest BCUT2D eigenvalue weighted by Crippen LogP contribution is -2.32. The number of nitrogens with zero attached hydrogens (tertiary/aromatic N) is 3. The van der Waals surface area contributed by atoms with Gasteiger partial charge in [0.05, 0.1) is 18.9 Å². The molecule has 0 bridgehead atoms. The van der Waals surface area contributed by atoms with Gasteiger partial charge in [-0.25, -0.2) is 4.98 Å². The maximum Gasteiger partial charge on any atom is 0.142 e. The van der Waals surface area contributed by atoms with Crippen molar-refractivity contribution in [3.8, 4) is 6.07 Å². The van der Waals surface area contributed by atoms with Gasteiger partial charge in [-0.15, -0.1) is 0 Å². The van der Waals surface area contributed by atoms with E-state index in [1.807, 2.05) is 24.3 Å². The van der Waals surface area contributed by atoms with Crippen molar-refractivity contribution in [1.82, 2.24) is 4.98 Å². The van der Waals surface area contributed by atoms with Gasteiger partial charge < -0.3 is 14.1 Å². The SMILES string of the molecule is N#Cc1cccc(N(Cc2ccco2)CC2CCCO2)n1. The van der Waals surface area contributed by atoms with Crippen LogP contribution >= 0.6 is 0 Å². The van der Waals surface area contributed by atoms with Gasteiger partial charge in [-0.2, -0.15) is 5.26 Å². The summed E-state index contributed by atoms with van der Waals surface area (Å²) in [6.45, 7) is 2.20. The molecule has 0 aliphatic carbocycles. The molecule has 2 aromatic heterocycles. The Labute approximate surface area is 123 Å². The van der Waals surface area contributed by atoms with Gasteiger partial charge in [0.25, 0.3) is 0 Å². The molecule has 1 aliphatic heterocycles. The molecule has 1 unspecified atom stereocenters. The number of ether oxygens (including phenoxy) is 1. The van der Waals surface area contributed by atoms with E-state index in [1.54, 1.807) is 12.3 Å². The average Bonchev–Trinajstić information content (AvgIpc) is 3.20. The number of rotatable bonds is 5. The molecule has 21 heavy (non-hydrogen) atoms. The molecule has 3 heterocycles. The first kappa shape index (κ1) is 13.7. The highest BCUT2D eigenvalue weighted by Gasteiger charge is 2.21. The molecule has 5 heteroatoms. The summed E-state index contributed by atoms with van der Waals surface area (Å²) in [5, 5.41) is 9.01. The van der Waals surface area contributed by atoms with Crippen LogP contribution < -0.4 is 4.90 Å². The van der Waals surface area contributed by atoms with Crippen LogP contribution in [0.25, 0.3) is 0 Å². The Kier molecular flexibility index (Phi) is 4.17. The van der Waals surface area contributed by atoms with E-state index in [-0.39, 0.29) is 6.10 Å². The first-order valence-electron chi connectivity index (χ1n) is 7.11. The Hall–Kier alpha value is -2.32. The number of hydrogen-bond donors (Lipinski definition) is 0. The Balaban J connectivity index is 1.81. The van der Waals surface area contributed by atoms with E-state index in [4.69, 9.17) is 14.4 Å². The van der Waals surface area contributed by atoms with E-state index in [1.165, 1.54) is 0 Å². The average molecular weight is 283 g/mol. The molecule has 3 rings (SSSR count). The molecular formula is C16H17N3O2. The summed E-state index contributed by atoms with van der Waals surface area (Å²) >= 11 is 0. The summed E-state index contributed by atoms with van der Waals surface area (Å²) in [6, 6.07) is 11.4. The normalized spacial score (nSPS) is 17.6. The number of hydrogen-bond acceptors (Lipinski definition) is 5. The summed E-state index contributed by atoms with van der Waals surface area (Å²) in [5.41, 5.74) is 0.421. The van der Waals surface area contributed by atoms with Gasteiger partial charge in [-0.3, -0.25) is 0 Å². The smallest absolute Gasteiger partial charge is 0.142 e. The van der Waals surface area contributed by atoms with Crippen molar-refractivity contribution in [3.05, 3.63) is 48.0 Å². The third kappa shape index (κ3) is 3.41. The number of nitriles is 1. The minimum Gasteiger partial charge on any atom is -0.467 e. The fraction of sp³-hybridized carbons (Fsp3) is 0.375. The lowest BCUT2D eigenvalue weighted by molar-refractivity contribution is 0.115. The van der Waals surface area contributed by atoms with Crippen LogP contribution in [0.5, 0.6) is 0 Å². The van der Waals surface area contributed by atoms with Crippen LogP contribution in [-0.4, -0.2) is 24.2 Å². The van der Waals surface area contributed by atoms with Gasteiger partial charge in [-0.1, -0.05) is 6.07 Å². The van der Waals surface area contributed by atoms with Crippen molar-refractivity contribution in [2.45, 2.75) is 25.5 Å². The molecule has 1 fully saturated rings. The molecule has 5 nitrogen and oxygen atoms in total. The highest BCUT2D eigenvalue weighted by Crippen LogP contribution is 2.20. The van der Waals surface area contributed by atoms with Crippen molar-refractivity contribution >= 4 is 5.82 Å². The molecule has 0 aromatic carbocycles. The standard InChI is InChI=1S/C16H17N3O2/c17-10-13-4-1-7-16(18-13)19(11-14-5-2-8-20-14)12-15-6-3-9-21-15/h1-2,4-5,7-8,15H,3,6,9,11-12H2. The highest BCUT2D eigenvalue weighted by atomic mass is 16.5. The minimum atomic E-state index is 0.215. The molecule has 1 saturated heterocycles. The first-order chi connectivity index (χ1) is 10.3. The lowest BCUT2D eigenvalue weighted by atomic mass is 10.2. The van der Waals surface area contributed by atoms with E-state index in [0.717, 1.165) is 37.6 Å². The van der Waals surface area contributed by atoms with Gasteiger partial charge in [0.1, 0.15) is 23.3 Å². The van der Waals surface area contributed by atoms with Crippen molar-refractivity contribution in [1.29, 1.82) is 5.26 Å². The Morgan fingerprint density at radius 1 is 1.33 bits per heavy atom. The molecule has 2 aromatic rings. The Morgan fingerprint density at radius 3 is 3.00 bits per heavy atom. The molecule has 0 radical (unpaired) electrons. The van der Waals surface area contributed by atoms with E-state index in [0.29, 0.717) is 12.2 Å². The number of pyridine rings is 1. The second kappa shape index (κ2) is 6.42. The van der Waals surface area contributed by atoms with Gasteiger partial charge in [0.2, 0.25) is 0 Å². The van der Waals surface area contributed by atoms with Crippen LogP contribution in [0.1, 0.15) is 24.3 Å². The van der Waals surface area contributed by atoms with Crippen molar-refractivity contribution in [2.75, 3.05) is 18.1 Å². The second-order valence-electron chi connectivity index (χ2n) is 5.09. The van der Waals surface area contributed by atoms with Crippen LogP contribution in [0, 0.1) is 11.3 Å². The fourth-order valence-corrected chi connectivity index (χ4v) is 2.53. The van der Waals surface area contributed by atoms with E-state index in [2.05, 4.69) is 16.0 Å². The highest BCUT2D eigenvalue weighted by molar-refractivity contribution is 5.42. The largest absolute Gasteiger partial charge is 0.467 e. The van der Waals surface area contributed by atoms with Crippen LogP contribution in [0.15, 0.2) is 41.0 Å². The van der Waals surface area contributed by atoms with Crippen LogP contribution in [0.4, 0.5) is 5.82 Å². The predicted molar refractivity (Wildman–Crippen MR) is 77.7 cm³/mol. The third-order valence-electron chi connectivity index (χ3n) is 3.55. The topological polar surface area (TPSA) is 62.3 Å². The molecule has 108 valence electrons. The van der Waals surface area contributed by atoms with Crippen molar-refractivity contribution < 1.29 is 9.15 Å². The molecule has 0 amide bonds. The Bertz CT molecular complexity index is 613. The van der Waals surface area contributed by atoms with Gasteiger partial charge in [-0.05, 0) is 37.1 Å². The second-order valence-corrected chi connectivity index (χ2v) is 5.09. The first-order valence-corrected chi connectivity index (χ1v) is 7.11. The van der Waals surface area contributed by atoms with Crippen LogP contribution in [-0.2, 0) is 11.3 Å². The summed E-state index contributed by atoms with van der Waals surface area (Å²) < 4.78 is 11.1. The molecule has 0 spiro atoms. The molecule has 0 saturated carbocycles. The quantitative estimate of drug-likeness (QED) is 0.844. The summed E-state index contributed by atoms with van der Waals surface area (Å²) in [5.74, 6) is 1.65. The van der Waals surface area contributed by atoms with Gasteiger partial charge in [0.15, 0.2) is 0 Å². The van der Waals surface area contributed by atoms with E-state index < -0.39 is 0 Å². The molecule has 1 aliphatic rings. The monoisotopic (exact) mass is 283 g/mol. The van der Waals surface area contributed by atoms with Crippen LogP contribution in [0.2, 0.25) is 0 Å². The number of furan rings is 1. The fourth-order valence-electron chi connectivity index (χ4n) is 2.53. The zero-order chi connectivity index (χ0) is 14.5.